The molecule has 0 bridgehead atoms. The molecule has 0 N–H and O–H groups in total. The number of aromatic nitrogens is 2. The number of nitrogens with zero attached hydrogens (tertiary/aromatic N) is 3. The van der Waals surface area contributed by atoms with Crippen LogP contribution in [0.5, 0.6) is 0 Å². The molecule has 1 aliphatic rings. The Morgan fingerprint density at radius 1 is 0.923 bits per heavy atom. The number of fused-ring (bicyclic) bond motifs is 1. The molecular weight excluding hydrogens is 334 g/mol. The zero-order chi connectivity index (χ0) is 18.3. The van der Waals surface area contributed by atoms with Crippen LogP contribution in [0.4, 0.5) is 0 Å². The Morgan fingerprint density at radius 2 is 1.50 bits per heavy atom. The van der Waals surface area contributed by atoms with Gasteiger partial charge in [-0.2, -0.15) is 5.10 Å². The quantitative estimate of drug-likeness (QED) is 0.680. The Labute approximate surface area is 148 Å². The summed E-state index contributed by atoms with van der Waals surface area (Å²) in [5, 5.41) is 4.68. The molecule has 0 saturated carbocycles. The van der Waals surface area contributed by atoms with E-state index >= 15 is 0 Å². The van der Waals surface area contributed by atoms with E-state index < -0.39 is 17.8 Å². The summed E-state index contributed by atoms with van der Waals surface area (Å²) in [5.74, 6) is -2.14. The molecule has 7 heteroatoms. The standard InChI is InChI=1S/C19H13N3O4/c1-12-16(11-20-21(12)13-7-3-2-4-8-13)19(25)26-22-17(23)14-9-5-6-10-15(14)18(22)24/h2-11H,1H3. The van der Waals surface area contributed by atoms with Crippen LogP contribution in [0.15, 0.2) is 60.8 Å². The summed E-state index contributed by atoms with van der Waals surface area (Å²) in [6.45, 7) is 1.71. The summed E-state index contributed by atoms with van der Waals surface area (Å²) in [4.78, 5) is 42.1. The third kappa shape index (κ3) is 2.37. The van der Waals surface area contributed by atoms with E-state index in [1.807, 2.05) is 30.3 Å². The minimum Gasteiger partial charge on any atom is -0.324 e. The lowest BCUT2D eigenvalue weighted by atomic mass is 10.1. The highest BCUT2D eigenvalue weighted by Gasteiger charge is 2.39. The topological polar surface area (TPSA) is 81.5 Å². The van der Waals surface area contributed by atoms with Crippen LogP contribution in [0.2, 0.25) is 0 Å². The summed E-state index contributed by atoms with van der Waals surface area (Å²) < 4.78 is 1.58. The Kier molecular flexibility index (Phi) is 3.62. The Hall–Kier alpha value is -3.74. The first-order valence-electron chi connectivity index (χ1n) is 7.88. The van der Waals surface area contributed by atoms with Gasteiger partial charge in [0.15, 0.2) is 0 Å². The van der Waals surface area contributed by atoms with Crippen molar-refractivity contribution in [2.75, 3.05) is 0 Å². The van der Waals surface area contributed by atoms with Crippen LogP contribution in [0.1, 0.15) is 36.8 Å². The summed E-state index contributed by atoms with van der Waals surface area (Å²) in [6.07, 6.45) is 1.35. The van der Waals surface area contributed by atoms with E-state index in [1.165, 1.54) is 18.3 Å². The fourth-order valence-electron chi connectivity index (χ4n) is 2.82. The Balaban J connectivity index is 1.60. The van der Waals surface area contributed by atoms with E-state index in [1.54, 1.807) is 23.7 Å². The average Bonchev–Trinajstić information content (AvgIpc) is 3.16. The van der Waals surface area contributed by atoms with Gasteiger partial charge < -0.3 is 4.84 Å². The van der Waals surface area contributed by atoms with Crippen molar-refractivity contribution in [3.63, 3.8) is 0 Å². The van der Waals surface area contributed by atoms with Crippen LogP contribution in [0, 0.1) is 6.92 Å². The Bertz CT molecular complexity index is 1000. The number of hydrogen-bond donors (Lipinski definition) is 0. The fourth-order valence-corrected chi connectivity index (χ4v) is 2.82. The maximum Gasteiger partial charge on any atom is 0.367 e. The highest BCUT2D eigenvalue weighted by atomic mass is 16.7. The van der Waals surface area contributed by atoms with Gasteiger partial charge >= 0.3 is 5.97 Å². The maximum atomic E-state index is 12.5. The second-order valence-electron chi connectivity index (χ2n) is 5.72. The number of carbonyl (C=O) groups is 3. The molecule has 0 radical (unpaired) electrons. The number of hydrogen-bond acceptors (Lipinski definition) is 5. The molecule has 0 spiro atoms. The molecule has 0 saturated heterocycles. The fraction of sp³-hybridized carbons (Fsp3) is 0.0526. The number of carbonyl (C=O) groups excluding carboxylic acids is 3. The lowest BCUT2D eigenvalue weighted by Crippen LogP contribution is -2.32. The molecule has 1 aliphatic heterocycles. The van der Waals surface area contributed by atoms with Gasteiger partial charge in [-0.05, 0) is 31.2 Å². The summed E-state index contributed by atoms with van der Waals surface area (Å²) in [5.41, 5.74) is 1.91. The highest BCUT2D eigenvalue weighted by Crippen LogP contribution is 2.24. The number of amides is 2. The van der Waals surface area contributed by atoms with Crippen LogP contribution >= 0.6 is 0 Å². The normalized spacial score (nSPS) is 13.0. The lowest BCUT2D eigenvalue weighted by Gasteiger charge is -2.12. The van der Waals surface area contributed by atoms with Gasteiger partial charge in [-0.3, -0.25) is 9.59 Å². The van der Waals surface area contributed by atoms with Gasteiger partial charge in [0.1, 0.15) is 5.56 Å². The molecule has 2 amide bonds. The van der Waals surface area contributed by atoms with Crippen molar-refractivity contribution in [1.82, 2.24) is 14.8 Å². The molecule has 26 heavy (non-hydrogen) atoms. The average molecular weight is 347 g/mol. The summed E-state index contributed by atoms with van der Waals surface area (Å²) in [6, 6.07) is 15.6. The predicted molar refractivity (Wildman–Crippen MR) is 90.7 cm³/mol. The monoisotopic (exact) mass is 347 g/mol. The van der Waals surface area contributed by atoms with E-state index in [0.29, 0.717) is 10.8 Å². The van der Waals surface area contributed by atoms with Gasteiger partial charge in [0.2, 0.25) is 0 Å². The lowest BCUT2D eigenvalue weighted by molar-refractivity contribution is -0.0585. The second kappa shape index (κ2) is 5.96. The van der Waals surface area contributed by atoms with Crippen LogP contribution in [0.3, 0.4) is 0 Å². The molecule has 3 aromatic rings. The van der Waals surface area contributed by atoms with Crippen molar-refractivity contribution in [3.05, 3.63) is 83.2 Å². The molecule has 0 unspecified atom stereocenters. The smallest absolute Gasteiger partial charge is 0.324 e. The highest BCUT2D eigenvalue weighted by molar-refractivity contribution is 6.21. The molecule has 4 rings (SSSR count). The first-order chi connectivity index (χ1) is 12.6. The third-order valence-corrected chi connectivity index (χ3v) is 4.16. The van der Waals surface area contributed by atoms with E-state index in [9.17, 15) is 14.4 Å². The van der Waals surface area contributed by atoms with Crippen LogP contribution < -0.4 is 0 Å². The summed E-state index contributed by atoms with van der Waals surface area (Å²) in [7, 11) is 0. The van der Waals surface area contributed by atoms with E-state index in [-0.39, 0.29) is 16.7 Å². The first-order valence-corrected chi connectivity index (χ1v) is 7.88. The molecule has 2 heterocycles. The van der Waals surface area contributed by atoms with E-state index in [0.717, 1.165) is 5.69 Å². The van der Waals surface area contributed by atoms with Crippen molar-refractivity contribution >= 4 is 17.8 Å². The van der Waals surface area contributed by atoms with Gasteiger partial charge in [-0.15, -0.1) is 0 Å². The molecule has 0 aliphatic carbocycles. The molecular formula is C19H13N3O4. The van der Waals surface area contributed by atoms with Gasteiger partial charge in [0.05, 0.1) is 28.7 Å². The van der Waals surface area contributed by atoms with Gasteiger partial charge in [-0.1, -0.05) is 35.4 Å². The molecule has 0 fully saturated rings. The van der Waals surface area contributed by atoms with Crippen molar-refractivity contribution in [2.45, 2.75) is 6.92 Å². The van der Waals surface area contributed by atoms with Crippen molar-refractivity contribution in [3.8, 4) is 5.69 Å². The zero-order valence-electron chi connectivity index (χ0n) is 13.7. The molecule has 7 nitrogen and oxygen atoms in total. The van der Waals surface area contributed by atoms with Crippen LogP contribution in [-0.4, -0.2) is 32.6 Å². The number of benzene rings is 2. The van der Waals surface area contributed by atoms with E-state index in [2.05, 4.69) is 5.10 Å². The largest absolute Gasteiger partial charge is 0.367 e. The number of para-hydroxylation sites is 1. The van der Waals surface area contributed by atoms with Crippen molar-refractivity contribution in [1.29, 1.82) is 0 Å². The predicted octanol–water partition coefficient (Wildman–Crippen LogP) is 2.55. The first kappa shape index (κ1) is 15.8. The van der Waals surface area contributed by atoms with Gasteiger partial charge in [0.25, 0.3) is 11.8 Å². The third-order valence-electron chi connectivity index (χ3n) is 4.16. The van der Waals surface area contributed by atoms with Gasteiger partial charge in [-0.25, -0.2) is 9.48 Å². The molecule has 128 valence electrons. The summed E-state index contributed by atoms with van der Waals surface area (Å²) >= 11 is 0. The Morgan fingerprint density at radius 3 is 2.12 bits per heavy atom. The van der Waals surface area contributed by atoms with E-state index in [4.69, 9.17) is 4.84 Å². The SMILES string of the molecule is Cc1c(C(=O)ON2C(=O)c3ccccc3C2=O)cnn1-c1ccccc1. The van der Waals surface area contributed by atoms with Crippen LogP contribution in [-0.2, 0) is 4.84 Å². The number of rotatable bonds is 3. The second-order valence-corrected chi connectivity index (χ2v) is 5.72. The molecule has 1 aromatic heterocycles. The maximum absolute atomic E-state index is 12.5. The minimum atomic E-state index is -0.820. The molecule has 0 atom stereocenters. The number of hydroxylamine groups is 2. The number of imide groups is 1. The minimum absolute atomic E-state index is 0.172. The van der Waals surface area contributed by atoms with Crippen molar-refractivity contribution in [2.24, 2.45) is 0 Å². The van der Waals surface area contributed by atoms with Crippen LogP contribution in [0.25, 0.3) is 5.69 Å². The van der Waals surface area contributed by atoms with Gasteiger partial charge in [0, 0.05) is 0 Å². The van der Waals surface area contributed by atoms with Crippen molar-refractivity contribution < 1.29 is 19.2 Å². The molecule has 2 aromatic carbocycles. The zero-order valence-corrected chi connectivity index (χ0v) is 13.7.